The predicted molar refractivity (Wildman–Crippen MR) is 38.0 cm³/mol. The Bertz CT molecular complexity index is 320. The average Bonchev–Trinajstić information content (AvgIpc) is 2.58. The number of hydrogen-bond acceptors (Lipinski definition) is 2. The first-order chi connectivity index (χ1) is 5.47. The van der Waals surface area contributed by atoms with Crippen LogP contribution in [0.5, 0.6) is 0 Å². The monoisotopic (exact) mass is 226 g/mol. The van der Waals surface area contributed by atoms with Crippen molar-refractivity contribution in [2.75, 3.05) is 0 Å². The lowest BCUT2D eigenvalue weighted by atomic mass is 10.5. The second-order valence-corrected chi connectivity index (χ2v) is 2.12. The zero-order valence-corrected chi connectivity index (χ0v) is 7.81. The highest BCUT2D eigenvalue weighted by Gasteiger charge is 2.05. The molecule has 0 fully saturated rings. The minimum Gasteiger partial charge on any atom is -1.00 e. The second-order valence-electron chi connectivity index (χ2n) is 2.12. The molecular formula is C8H7BrN2O. The van der Waals surface area contributed by atoms with Gasteiger partial charge in [0.05, 0.1) is 0 Å². The quantitative estimate of drug-likeness (QED) is 0.525. The average molecular weight is 227 g/mol. The SMILES string of the molecule is [Br-].c1cc[n+](-c2cnco2)cc1. The Hall–Kier alpha value is -1.16. The van der Waals surface area contributed by atoms with Gasteiger partial charge in [-0.3, -0.25) is 0 Å². The Morgan fingerprint density at radius 3 is 2.50 bits per heavy atom. The molecule has 0 bridgehead atoms. The molecule has 0 aromatic carbocycles. The molecule has 12 heavy (non-hydrogen) atoms. The van der Waals surface area contributed by atoms with Crippen molar-refractivity contribution >= 4 is 0 Å². The van der Waals surface area contributed by atoms with Crippen LogP contribution >= 0.6 is 0 Å². The largest absolute Gasteiger partial charge is 1.00 e. The molecule has 4 heteroatoms. The molecule has 0 atom stereocenters. The van der Waals surface area contributed by atoms with Crippen LogP contribution in [-0.2, 0) is 0 Å². The summed E-state index contributed by atoms with van der Waals surface area (Å²) >= 11 is 0. The highest BCUT2D eigenvalue weighted by Crippen LogP contribution is 1.93. The number of oxazole rings is 1. The molecule has 62 valence electrons. The van der Waals surface area contributed by atoms with E-state index < -0.39 is 0 Å². The van der Waals surface area contributed by atoms with E-state index in [1.165, 1.54) is 6.39 Å². The second kappa shape index (κ2) is 4.01. The normalized spacial score (nSPS) is 9.00. The fraction of sp³-hybridized carbons (Fsp3) is 0. The topological polar surface area (TPSA) is 29.9 Å². The number of rotatable bonds is 1. The Morgan fingerprint density at radius 2 is 1.92 bits per heavy atom. The van der Waals surface area contributed by atoms with E-state index in [1.807, 2.05) is 35.2 Å². The first-order valence-electron chi connectivity index (χ1n) is 3.32. The van der Waals surface area contributed by atoms with Gasteiger partial charge in [-0.15, -0.1) is 4.57 Å². The zero-order valence-electron chi connectivity index (χ0n) is 6.22. The van der Waals surface area contributed by atoms with Gasteiger partial charge in [0.25, 0.3) is 0 Å². The van der Waals surface area contributed by atoms with E-state index in [2.05, 4.69) is 4.98 Å². The summed E-state index contributed by atoms with van der Waals surface area (Å²) < 4.78 is 6.93. The van der Waals surface area contributed by atoms with Crippen molar-refractivity contribution in [3.8, 4) is 5.88 Å². The third-order valence-electron chi connectivity index (χ3n) is 1.39. The van der Waals surface area contributed by atoms with Gasteiger partial charge in [-0.2, -0.15) is 0 Å². The van der Waals surface area contributed by atoms with Crippen LogP contribution in [0.3, 0.4) is 0 Å². The van der Waals surface area contributed by atoms with Gasteiger partial charge >= 0.3 is 5.88 Å². The van der Waals surface area contributed by atoms with Gasteiger partial charge in [-0.05, 0) is 0 Å². The van der Waals surface area contributed by atoms with Crippen molar-refractivity contribution in [1.29, 1.82) is 0 Å². The minimum atomic E-state index is 0. The Morgan fingerprint density at radius 1 is 1.17 bits per heavy atom. The number of nitrogens with zero attached hydrogens (tertiary/aromatic N) is 2. The standard InChI is InChI=1S/C8H7N2O.BrH/c1-2-4-10(5-3-1)8-6-9-7-11-8;/h1-7H;1H/q+1;/p-1. The Balaban J connectivity index is 0.000000720. The van der Waals surface area contributed by atoms with Crippen LogP contribution in [0.4, 0.5) is 0 Å². The first-order valence-corrected chi connectivity index (χ1v) is 3.32. The van der Waals surface area contributed by atoms with Crippen LogP contribution in [0.25, 0.3) is 5.88 Å². The van der Waals surface area contributed by atoms with E-state index in [0.29, 0.717) is 0 Å². The highest BCUT2D eigenvalue weighted by molar-refractivity contribution is 4.97. The molecule has 0 saturated carbocycles. The molecule has 2 heterocycles. The van der Waals surface area contributed by atoms with Crippen molar-refractivity contribution in [3.05, 3.63) is 43.2 Å². The molecule has 0 amide bonds. The van der Waals surface area contributed by atoms with E-state index in [-0.39, 0.29) is 17.0 Å². The fourth-order valence-corrected chi connectivity index (χ4v) is 0.882. The summed E-state index contributed by atoms with van der Waals surface area (Å²) in [5, 5.41) is 0. The van der Waals surface area contributed by atoms with Gasteiger partial charge in [0.15, 0.2) is 18.8 Å². The van der Waals surface area contributed by atoms with Gasteiger partial charge < -0.3 is 21.4 Å². The fourth-order valence-electron chi connectivity index (χ4n) is 0.882. The molecule has 0 saturated heterocycles. The van der Waals surface area contributed by atoms with Crippen molar-refractivity contribution in [1.82, 2.24) is 4.98 Å². The van der Waals surface area contributed by atoms with E-state index in [9.17, 15) is 0 Å². The molecule has 0 unspecified atom stereocenters. The number of aromatic nitrogens is 2. The third kappa shape index (κ3) is 1.71. The summed E-state index contributed by atoms with van der Waals surface area (Å²) in [5.41, 5.74) is 0. The number of pyridine rings is 1. The van der Waals surface area contributed by atoms with Crippen LogP contribution in [0, 0.1) is 0 Å². The smallest absolute Gasteiger partial charge is 0.398 e. The van der Waals surface area contributed by atoms with Crippen LogP contribution < -0.4 is 21.5 Å². The van der Waals surface area contributed by atoms with E-state index in [0.717, 1.165) is 5.88 Å². The van der Waals surface area contributed by atoms with Crippen molar-refractivity contribution < 1.29 is 26.0 Å². The van der Waals surface area contributed by atoms with Crippen LogP contribution in [0.2, 0.25) is 0 Å². The molecule has 2 rings (SSSR count). The molecule has 0 spiro atoms. The summed E-state index contributed by atoms with van der Waals surface area (Å²) in [6.07, 6.45) is 6.89. The van der Waals surface area contributed by atoms with Crippen LogP contribution in [0.15, 0.2) is 47.6 Å². The maximum atomic E-state index is 5.07. The molecule has 0 radical (unpaired) electrons. The molecule has 0 aliphatic rings. The van der Waals surface area contributed by atoms with Gasteiger partial charge in [-0.25, -0.2) is 4.98 Å². The van der Waals surface area contributed by atoms with Gasteiger partial charge in [0.2, 0.25) is 0 Å². The maximum Gasteiger partial charge on any atom is 0.398 e. The molecule has 2 aromatic rings. The van der Waals surface area contributed by atoms with Gasteiger partial charge in [0, 0.05) is 12.1 Å². The minimum absolute atomic E-state index is 0. The van der Waals surface area contributed by atoms with E-state index in [1.54, 1.807) is 6.20 Å². The number of halogens is 1. The highest BCUT2D eigenvalue weighted by atomic mass is 79.9. The molecule has 0 aliphatic heterocycles. The van der Waals surface area contributed by atoms with Gasteiger partial charge in [-0.1, -0.05) is 6.07 Å². The van der Waals surface area contributed by atoms with Crippen molar-refractivity contribution in [2.24, 2.45) is 0 Å². The predicted octanol–water partition coefficient (Wildman–Crippen LogP) is -2.04. The Kier molecular flexibility index (Phi) is 2.99. The lowest BCUT2D eigenvalue weighted by Gasteiger charge is -1.84. The molecule has 0 N–H and O–H groups in total. The lowest BCUT2D eigenvalue weighted by Crippen LogP contribution is -3.00. The van der Waals surface area contributed by atoms with Gasteiger partial charge in [0.1, 0.15) is 6.20 Å². The molecule has 0 aliphatic carbocycles. The van der Waals surface area contributed by atoms with Crippen molar-refractivity contribution in [3.63, 3.8) is 0 Å². The molecule has 2 aromatic heterocycles. The maximum absolute atomic E-state index is 5.07. The molecular weight excluding hydrogens is 220 g/mol. The summed E-state index contributed by atoms with van der Waals surface area (Å²) in [5.74, 6) is 0.727. The third-order valence-corrected chi connectivity index (χ3v) is 1.39. The zero-order chi connectivity index (χ0) is 7.52. The summed E-state index contributed by atoms with van der Waals surface area (Å²) in [6.45, 7) is 0. The van der Waals surface area contributed by atoms with Crippen molar-refractivity contribution in [2.45, 2.75) is 0 Å². The first kappa shape index (κ1) is 8.93. The Labute approximate surface area is 80.4 Å². The van der Waals surface area contributed by atoms with E-state index in [4.69, 9.17) is 4.42 Å². The lowest BCUT2D eigenvalue weighted by molar-refractivity contribution is -0.609. The van der Waals surface area contributed by atoms with Crippen LogP contribution in [0.1, 0.15) is 0 Å². The molecule has 3 nitrogen and oxygen atoms in total. The summed E-state index contributed by atoms with van der Waals surface area (Å²) in [7, 11) is 0. The summed E-state index contributed by atoms with van der Waals surface area (Å²) in [6, 6.07) is 5.82. The number of hydrogen-bond donors (Lipinski definition) is 0. The van der Waals surface area contributed by atoms with Crippen LogP contribution in [-0.4, -0.2) is 4.98 Å². The van der Waals surface area contributed by atoms with E-state index >= 15 is 0 Å². The summed E-state index contributed by atoms with van der Waals surface area (Å²) in [4.78, 5) is 3.81.